The van der Waals surface area contributed by atoms with Crippen LogP contribution < -0.4 is 0 Å². The molecule has 5 heteroatoms. The van der Waals surface area contributed by atoms with Crippen molar-refractivity contribution in [1.82, 2.24) is 9.80 Å². The molecule has 0 atom stereocenters. The van der Waals surface area contributed by atoms with Gasteiger partial charge < -0.3 is 4.90 Å². The fourth-order valence-corrected chi connectivity index (χ4v) is 6.04. The number of carbonyl (C=O) groups excluding carboxylic acids is 1. The molecule has 1 aromatic heterocycles. The van der Waals surface area contributed by atoms with Crippen LogP contribution >= 0.6 is 11.3 Å². The lowest BCUT2D eigenvalue weighted by Crippen LogP contribution is -2.47. The molecule has 25 heavy (non-hydrogen) atoms. The molecule has 0 aromatic carbocycles. The maximum atomic E-state index is 12.7. The molecule has 0 radical (unpaired) electrons. The van der Waals surface area contributed by atoms with Crippen LogP contribution in [0.25, 0.3) is 0 Å². The van der Waals surface area contributed by atoms with Gasteiger partial charge in [-0.05, 0) is 75.9 Å². The molecule has 1 aromatic rings. The highest BCUT2D eigenvalue weighted by atomic mass is 32.1. The van der Waals surface area contributed by atoms with E-state index in [4.69, 9.17) is 0 Å². The molecule has 2 saturated carbocycles. The van der Waals surface area contributed by atoms with Crippen molar-refractivity contribution in [3.05, 3.63) is 22.4 Å². The first-order valence-electron chi connectivity index (χ1n) is 9.38. The monoisotopic (exact) mass is 357 g/mol. The molecule has 4 rings (SSSR count). The summed E-state index contributed by atoms with van der Waals surface area (Å²) in [5, 5.41) is 11.5. The highest BCUT2D eigenvalue weighted by molar-refractivity contribution is 7.10. The minimum absolute atomic E-state index is 0.106. The Bertz CT molecular complexity index is 691. The van der Waals surface area contributed by atoms with Crippen molar-refractivity contribution < 1.29 is 4.79 Å². The second kappa shape index (κ2) is 5.82. The number of rotatable bonds is 3. The Kier molecular flexibility index (Phi) is 3.97. The van der Waals surface area contributed by atoms with Crippen LogP contribution in [0.3, 0.4) is 0 Å². The molecule has 0 unspecified atom stereocenters. The maximum absolute atomic E-state index is 12.7. The van der Waals surface area contributed by atoms with E-state index in [-0.39, 0.29) is 16.9 Å². The van der Waals surface area contributed by atoms with E-state index in [0.29, 0.717) is 0 Å². The molecule has 1 aliphatic heterocycles. The van der Waals surface area contributed by atoms with Crippen LogP contribution in [0.5, 0.6) is 0 Å². The molecular formula is C20H27N3OS. The van der Waals surface area contributed by atoms with E-state index in [2.05, 4.69) is 42.6 Å². The highest BCUT2D eigenvalue weighted by Gasteiger charge is 2.56. The van der Waals surface area contributed by atoms with Gasteiger partial charge in [0.15, 0.2) is 0 Å². The van der Waals surface area contributed by atoms with Crippen molar-refractivity contribution in [2.45, 2.75) is 50.5 Å². The summed E-state index contributed by atoms with van der Waals surface area (Å²) in [4.78, 5) is 18.6. The maximum Gasteiger partial charge on any atom is 0.243 e. The fraction of sp³-hybridized carbons (Fsp3) is 0.700. The molecule has 1 spiro atoms. The SMILES string of the molecule is CN(C)C1(c2cccs2)CCC2(CCN(C(=O)C3(C#N)CC3)C2)CC1. The normalized spacial score (nSPS) is 33.6. The van der Waals surface area contributed by atoms with Crippen LogP contribution in [0, 0.1) is 22.2 Å². The van der Waals surface area contributed by atoms with E-state index in [0.717, 1.165) is 45.2 Å². The number of nitrogens with zero attached hydrogens (tertiary/aromatic N) is 3. The molecule has 134 valence electrons. The molecule has 3 aliphatic rings. The van der Waals surface area contributed by atoms with E-state index in [9.17, 15) is 10.1 Å². The van der Waals surface area contributed by atoms with Gasteiger partial charge in [0, 0.05) is 18.0 Å². The zero-order chi connectivity index (χ0) is 17.7. The zero-order valence-electron chi connectivity index (χ0n) is 15.3. The average Bonchev–Trinajstić information content (AvgIpc) is 3.03. The molecule has 0 bridgehead atoms. The van der Waals surface area contributed by atoms with Crippen LogP contribution in [0.1, 0.15) is 49.8 Å². The summed E-state index contributed by atoms with van der Waals surface area (Å²) in [7, 11) is 4.40. The van der Waals surface area contributed by atoms with Crippen molar-refractivity contribution in [2.24, 2.45) is 10.8 Å². The van der Waals surface area contributed by atoms with Crippen molar-refractivity contribution >= 4 is 17.2 Å². The average molecular weight is 358 g/mol. The van der Waals surface area contributed by atoms with E-state index in [1.165, 1.54) is 17.7 Å². The van der Waals surface area contributed by atoms with Gasteiger partial charge in [-0.3, -0.25) is 9.69 Å². The minimum Gasteiger partial charge on any atom is -0.341 e. The third-order valence-corrected chi connectivity index (χ3v) is 8.14. The van der Waals surface area contributed by atoms with Gasteiger partial charge in [0.05, 0.1) is 11.6 Å². The Morgan fingerprint density at radius 2 is 1.92 bits per heavy atom. The van der Waals surface area contributed by atoms with Gasteiger partial charge in [-0.25, -0.2) is 0 Å². The second-order valence-corrected chi connectivity index (χ2v) is 9.52. The highest BCUT2D eigenvalue weighted by Crippen LogP contribution is 2.54. The van der Waals surface area contributed by atoms with Gasteiger partial charge in [0.2, 0.25) is 5.91 Å². The number of carbonyl (C=O) groups is 1. The number of hydrogen-bond donors (Lipinski definition) is 0. The van der Waals surface area contributed by atoms with Crippen molar-refractivity contribution in [1.29, 1.82) is 5.26 Å². The molecule has 2 aliphatic carbocycles. The Labute approximate surface area is 154 Å². The van der Waals surface area contributed by atoms with Gasteiger partial charge in [-0.15, -0.1) is 11.3 Å². The van der Waals surface area contributed by atoms with Crippen LogP contribution in [0.2, 0.25) is 0 Å². The zero-order valence-corrected chi connectivity index (χ0v) is 16.1. The quantitative estimate of drug-likeness (QED) is 0.830. The van der Waals surface area contributed by atoms with Gasteiger partial charge in [0.25, 0.3) is 0 Å². The molecule has 4 nitrogen and oxygen atoms in total. The third kappa shape index (κ3) is 2.62. The molecule has 0 N–H and O–H groups in total. The summed E-state index contributed by atoms with van der Waals surface area (Å²) in [5.74, 6) is 0.106. The van der Waals surface area contributed by atoms with Crippen LogP contribution in [0.15, 0.2) is 17.5 Å². The summed E-state index contributed by atoms with van der Waals surface area (Å²) < 4.78 is 0. The summed E-state index contributed by atoms with van der Waals surface area (Å²) >= 11 is 1.87. The Morgan fingerprint density at radius 3 is 2.44 bits per heavy atom. The fourth-order valence-electron chi connectivity index (χ4n) is 4.97. The number of hydrogen-bond acceptors (Lipinski definition) is 4. The molecular weight excluding hydrogens is 330 g/mol. The summed E-state index contributed by atoms with van der Waals surface area (Å²) in [6, 6.07) is 6.70. The largest absolute Gasteiger partial charge is 0.341 e. The van der Waals surface area contributed by atoms with Gasteiger partial charge in [0.1, 0.15) is 5.41 Å². The molecule has 3 fully saturated rings. The lowest BCUT2D eigenvalue weighted by molar-refractivity contribution is -0.134. The van der Waals surface area contributed by atoms with E-state index >= 15 is 0 Å². The van der Waals surface area contributed by atoms with Crippen molar-refractivity contribution in [3.8, 4) is 6.07 Å². The Morgan fingerprint density at radius 1 is 1.20 bits per heavy atom. The number of thiophene rings is 1. The van der Waals surface area contributed by atoms with Gasteiger partial charge in [-0.1, -0.05) is 6.07 Å². The van der Waals surface area contributed by atoms with Crippen LogP contribution in [0.4, 0.5) is 0 Å². The predicted octanol–water partition coefficient (Wildman–Crippen LogP) is 3.60. The topological polar surface area (TPSA) is 47.3 Å². The smallest absolute Gasteiger partial charge is 0.243 e. The van der Waals surface area contributed by atoms with E-state index in [1.54, 1.807) is 0 Å². The van der Waals surface area contributed by atoms with Crippen molar-refractivity contribution in [2.75, 3.05) is 27.2 Å². The first kappa shape index (κ1) is 17.1. The minimum atomic E-state index is -0.662. The van der Waals surface area contributed by atoms with Gasteiger partial charge >= 0.3 is 0 Å². The molecule has 1 saturated heterocycles. The summed E-state index contributed by atoms with van der Waals surface area (Å²) in [6.07, 6.45) is 7.28. The van der Waals surface area contributed by atoms with Crippen molar-refractivity contribution in [3.63, 3.8) is 0 Å². The molecule has 1 amide bonds. The van der Waals surface area contributed by atoms with Gasteiger partial charge in [-0.2, -0.15) is 5.26 Å². The molecule has 2 heterocycles. The standard InChI is InChI=1S/C20H27N3OS/c1-22(2)20(16-4-3-13-25-16)9-5-18(6-10-20)11-12-23(15-18)17(24)19(14-21)7-8-19/h3-4,13H,5-12,15H2,1-2H3. The van der Waals surface area contributed by atoms with E-state index < -0.39 is 5.41 Å². The lowest BCUT2D eigenvalue weighted by atomic mass is 9.66. The van der Waals surface area contributed by atoms with E-state index in [1.807, 2.05) is 16.2 Å². The van der Waals surface area contributed by atoms with Crippen LogP contribution in [-0.4, -0.2) is 42.9 Å². The van der Waals surface area contributed by atoms with Crippen LogP contribution in [-0.2, 0) is 10.3 Å². The number of likely N-dealkylation sites (tertiary alicyclic amines) is 1. The summed E-state index contributed by atoms with van der Waals surface area (Å²) in [5.41, 5.74) is -0.232. The number of amides is 1. The summed E-state index contributed by atoms with van der Waals surface area (Å²) in [6.45, 7) is 1.71. The lowest BCUT2D eigenvalue weighted by Gasteiger charge is -2.48. The Hall–Kier alpha value is -1.38. The second-order valence-electron chi connectivity index (χ2n) is 8.57. The predicted molar refractivity (Wildman–Crippen MR) is 99.1 cm³/mol. The first-order chi connectivity index (χ1) is 12.0. The number of nitriles is 1. The third-order valence-electron chi connectivity index (χ3n) is 7.07. The Balaban J connectivity index is 1.47. The first-order valence-corrected chi connectivity index (χ1v) is 10.3.